The van der Waals surface area contributed by atoms with Crippen LogP contribution in [-0.4, -0.2) is 47.4 Å². The molecule has 1 saturated heterocycles. The number of hydrogen-bond acceptors (Lipinski definition) is 4. The Balaban J connectivity index is 1.24. The molecule has 0 unspecified atom stereocenters. The summed E-state index contributed by atoms with van der Waals surface area (Å²) in [4.78, 5) is 15.5. The van der Waals surface area contributed by atoms with Crippen molar-refractivity contribution >= 4 is 5.69 Å². The maximum Gasteiger partial charge on any atom is 0.269 e. The average molecular weight is 327 g/mol. The molecule has 1 aromatic rings. The summed E-state index contributed by atoms with van der Waals surface area (Å²) < 4.78 is 0. The predicted molar refractivity (Wildman–Crippen MR) is 93.7 cm³/mol. The Kier molecular flexibility index (Phi) is 4.37. The summed E-state index contributed by atoms with van der Waals surface area (Å²) in [5.74, 6) is 2.58. The van der Waals surface area contributed by atoms with Crippen molar-refractivity contribution in [2.24, 2.45) is 17.8 Å². The second kappa shape index (κ2) is 6.65. The van der Waals surface area contributed by atoms with Gasteiger partial charge in [0.1, 0.15) is 0 Å². The predicted octanol–water partition coefficient (Wildman–Crippen LogP) is 2.92. The number of nitro groups is 1. The van der Waals surface area contributed by atoms with Crippen LogP contribution < -0.4 is 0 Å². The lowest BCUT2D eigenvalue weighted by atomic mass is 9.93. The summed E-state index contributed by atoms with van der Waals surface area (Å²) in [5, 5.41) is 10.7. The molecule has 4 rings (SSSR count). The average Bonchev–Trinajstić information content (AvgIpc) is 3.20. The SMILES string of the molecule is O=[N+]([O-])c1ccc(CN2CCN(C[C@@H]3C[C@@H]4C=C[C@@H]3C4)CC2)cc1. The van der Waals surface area contributed by atoms with E-state index in [2.05, 4.69) is 22.0 Å². The molecule has 0 amide bonds. The van der Waals surface area contributed by atoms with Crippen molar-refractivity contribution < 1.29 is 4.92 Å². The van der Waals surface area contributed by atoms with E-state index < -0.39 is 0 Å². The van der Waals surface area contributed by atoms with Crippen LogP contribution in [0.25, 0.3) is 0 Å². The molecule has 1 saturated carbocycles. The van der Waals surface area contributed by atoms with E-state index in [1.54, 1.807) is 12.1 Å². The van der Waals surface area contributed by atoms with Crippen molar-refractivity contribution in [3.05, 3.63) is 52.1 Å². The van der Waals surface area contributed by atoms with E-state index in [9.17, 15) is 10.1 Å². The molecule has 0 spiro atoms. The Morgan fingerprint density at radius 1 is 1.00 bits per heavy atom. The van der Waals surface area contributed by atoms with Gasteiger partial charge in [-0.25, -0.2) is 0 Å². The van der Waals surface area contributed by atoms with Crippen molar-refractivity contribution in [1.29, 1.82) is 0 Å². The van der Waals surface area contributed by atoms with Gasteiger partial charge in [-0.2, -0.15) is 0 Å². The summed E-state index contributed by atoms with van der Waals surface area (Å²) in [6, 6.07) is 6.97. The first-order chi connectivity index (χ1) is 11.7. The van der Waals surface area contributed by atoms with E-state index in [1.807, 2.05) is 12.1 Å². The van der Waals surface area contributed by atoms with Crippen molar-refractivity contribution in [2.45, 2.75) is 19.4 Å². The normalized spacial score (nSPS) is 30.1. The molecule has 2 fully saturated rings. The molecule has 1 heterocycles. The molecule has 0 radical (unpaired) electrons. The third-order valence-electron chi connectivity index (χ3n) is 5.93. The highest BCUT2D eigenvalue weighted by Crippen LogP contribution is 2.43. The summed E-state index contributed by atoms with van der Waals surface area (Å²) in [7, 11) is 0. The first-order valence-electron chi connectivity index (χ1n) is 9.04. The summed E-state index contributed by atoms with van der Waals surface area (Å²) in [5.41, 5.74) is 1.33. The second-order valence-corrected chi connectivity index (χ2v) is 7.54. The van der Waals surface area contributed by atoms with E-state index in [4.69, 9.17) is 0 Å². The van der Waals surface area contributed by atoms with Crippen molar-refractivity contribution in [1.82, 2.24) is 9.80 Å². The lowest BCUT2D eigenvalue weighted by Gasteiger charge is -2.37. The van der Waals surface area contributed by atoms with Crippen LogP contribution in [0.5, 0.6) is 0 Å². The summed E-state index contributed by atoms with van der Waals surface area (Å²) >= 11 is 0. The fourth-order valence-corrected chi connectivity index (χ4v) is 4.55. The number of nitro benzene ring substituents is 1. The molecule has 2 aliphatic carbocycles. The molecule has 3 atom stereocenters. The van der Waals surface area contributed by atoms with Crippen molar-refractivity contribution in [2.75, 3.05) is 32.7 Å². The summed E-state index contributed by atoms with van der Waals surface area (Å²) in [6.45, 7) is 6.62. The summed E-state index contributed by atoms with van der Waals surface area (Å²) in [6.07, 6.45) is 7.65. The standard InChI is InChI=1S/C19H25N3O2/c23-22(24)19-5-2-15(3-6-19)13-20-7-9-21(10-8-20)14-18-12-16-1-4-17(18)11-16/h1-6,16-18H,7-14H2/t16-,17-,18+/m1/s1. The molecule has 0 N–H and O–H groups in total. The van der Waals surface area contributed by atoms with Crippen LogP contribution in [0.2, 0.25) is 0 Å². The van der Waals surface area contributed by atoms with Crippen molar-refractivity contribution in [3.8, 4) is 0 Å². The highest BCUT2D eigenvalue weighted by atomic mass is 16.6. The molecule has 24 heavy (non-hydrogen) atoms. The van der Waals surface area contributed by atoms with Gasteiger partial charge >= 0.3 is 0 Å². The molecule has 5 nitrogen and oxygen atoms in total. The Hall–Kier alpha value is -1.72. The first-order valence-corrected chi connectivity index (χ1v) is 9.04. The number of fused-ring (bicyclic) bond motifs is 2. The number of non-ortho nitro benzene ring substituents is 1. The third-order valence-corrected chi connectivity index (χ3v) is 5.93. The first kappa shape index (κ1) is 15.8. The topological polar surface area (TPSA) is 49.6 Å². The Labute approximate surface area is 143 Å². The lowest BCUT2D eigenvalue weighted by molar-refractivity contribution is -0.384. The number of rotatable bonds is 5. The van der Waals surface area contributed by atoms with Gasteiger partial charge in [0.2, 0.25) is 0 Å². The molecule has 1 aliphatic heterocycles. The number of piperazine rings is 1. The Bertz CT molecular complexity index is 620. The molecule has 1 aromatic carbocycles. The Morgan fingerprint density at radius 2 is 1.71 bits per heavy atom. The largest absolute Gasteiger partial charge is 0.300 e. The molecule has 2 bridgehead atoms. The van der Waals surface area contributed by atoms with Crippen LogP contribution in [-0.2, 0) is 6.54 Å². The molecular weight excluding hydrogens is 302 g/mol. The van der Waals surface area contributed by atoms with E-state index >= 15 is 0 Å². The molecule has 128 valence electrons. The molecule has 3 aliphatic rings. The fourth-order valence-electron chi connectivity index (χ4n) is 4.55. The highest BCUT2D eigenvalue weighted by molar-refractivity contribution is 5.32. The zero-order chi connectivity index (χ0) is 16.5. The Morgan fingerprint density at radius 3 is 2.29 bits per heavy atom. The quantitative estimate of drug-likeness (QED) is 0.474. The van der Waals surface area contributed by atoms with Gasteiger partial charge in [-0.1, -0.05) is 24.3 Å². The molecule has 0 aromatic heterocycles. The smallest absolute Gasteiger partial charge is 0.269 e. The van der Waals surface area contributed by atoms with Crippen LogP contribution in [0.15, 0.2) is 36.4 Å². The maximum absolute atomic E-state index is 10.7. The highest BCUT2D eigenvalue weighted by Gasteiger charge is 2.36. The number of nitrogens with zero attached hydrogens (tertiary/aromatic N) is 3. The van der Waals surface area contributed by atoms with Gasteiger partial charge < -0.3 is 4.90 Å². The van der Waals surface area contributed by atoms with Crippen molar-refractivity contribution in [3.63, 3.8) is 0 Å². The van der Waals surface area contributed by atoms with E-state index in [1.165, 1.54) is 19.4 Å². The van der Waals surface area contributed by atoms with Gasteiger partial charge in [0, 0.05) is 51.4 Å². The van der Waals surface area contributed by atoms with Gasteiger partial charge in [0.15, 0.2) is 0 Å². The van der Waals surface area contributed by atoms with Gasteiger partial charge in [0.05, 0.1) is 4.92 Å². The zero-order valence-corrected chi connectivity index (χ0v) is 14.0. The van der Waals surface area contributed by atoms with Crippen LogP contribution in [0, 0.1) is 27.9 Å². The second-order valence-electron chi connectivity index (χ2n) is 7.54. The van der Waals surface area contributed by atoms with Gasteiger partial charge in [0.25, 0.3) is 5.69 Å². The number of hydrogen-bond donors (Lipinski definition) is 0. The van der Waals surface area contributed by atoms with Crippen LogP contribution in [0.3, 0.4) is 0 Å². The van der Waals surface area contributed by atoms with E-state index in [-0.39, 0.29) is 10.6 Å². The zero-order valence-electron chi connectivity index (χ0n) is 14.0. The van der Waals surface area contributed by atoms with Crippen LogP contribution in [0.1, 0.15) is 18.4 Å². The monoisotopic (exact) mass is 327 g/mol. The fraction of sp³-hybridized carbons (Fsp3) is 0.579. The van der Waals surface area contributed by atoms with E-state index in [0.717, 1.165) is 56.0 Å². The third kappa shape index (κ3) is 3.37. The number of allylic oxidation sites excluding steroid dienone is 2. The minimum absolute atomic E-state index is 0.170. The molecular formula is C19H25N3O2. The van der Waals surface area contributed by atoms with Crippen LogP contribution in [0.4, 0.5) is 5.69 Å². The number of benzene rings is 1. The van der Waals surface area contributed by atoms with Gasteiger partial charge in [-0.05, 0) is 36.2 Å². The van der Waals surface area contributed by atoms with Crippen LogP contribution >= 0.6 is 0 Å². The minimum Gasteiger partial charge on any atom is -0.300 e. The van der Waals surface area contributed by atoms with Gasteiger partial charge in [-0.3, -0.25) is 15.0 Å². The lowest BCUT2D eigenvalue weighted by Crippen LogP contribution is -2.47. The molecule has 5 heteroatoms. The maximum atomic E-state index is 10.7. The van der Waals surface area contributed by atoms with Gasteiger partial charge in [-0.15, -0.1) is 0 Å². The minimum atomic E-state index is -0.340. The van der Waals surface area contributed by atoms with E-state index in [0.29, 0.717) is 0 Å².